The Labute approximate surface area is 117 Å². The Hall–Kier alpha value is -2.16. The van der Waals surface area contributed by atoms with Gasteiger partial charge >= 0.3 is 0 Å². The monoisotopic (exact) mass is 270 g/mol. The van der Waals surface area contributed by atoms with Gasteiger partial charge in [0.15, 0.2) is 5.78 Å². The molecule has 0 saturated heterocycles. The highest BCUT2D eigenvalue weighted by molar-refractivity contribution is 6.00. The average molecular weight is 270 g/mol. The fourth-order valence-corrected chi connectivity index (χ4v) is 2.65. The molecule has 0 amide bonds. The van der Waals surface area contributed by atoms with Gasteiger partial charge in [0.05, 0.1) is 0 Å². The Morgan fingerprint density at radius 1 is 1.25 bits per heavy atom. The molecule has 102 valence electrons. The number of ketones is 1. The van der Waals surface area contributed by atoms with E-state index in [0.717, 1.165) is 23.3 Å². The number of fused-ring (bicyclic) bond motifs is 1. The van der Waals surface area contributed by atoms with Gasteiger partial charge in [-0.25, -0.2) is 4.39 Å². The number of carbonyl (C=O) groups excluding carboxylic acids is 1. The summed E-state index contributed by atoms with van der Waals surface area (Å²) >= 11 is 0. The van der Waals surface area contributed by atoms with Gasteiger partial charge in [-0.15, -0.1) is 0 Å². The molecule has 1 aliphatic heterocycles. The molecular formula is C17H15FO2. The lowest BCUT2D eigenvalue weighted by molar-refractivity contribution is 0.101. The maximum Gasteiger partial charge on any atom is 0.160 e. The molecule has 0 N–H and O–H groups in total. The third-order valence-corrected chi connectivity index (χ3v) is 3.57. The van der Waals surface area contributed by atoms with Gasteiger partial charge in [-0.1, -0.05) is 6.07 Å². The van der Waals surface area contributed by atoms with Crippen LogP contribution in [0, 0.1) is 5.82 Å². The molecule has 0 radical (unpaired) electrons. The number of carbonyl (C=O) groups is 1. The molecule has 2 nitrogen and oxygen atoms in total. The molecule has 20 heavy (non-hydrogen) atoms. The Bertz CT molecular complexity index is 691. The summed E-state index contributed by atoms with van der Waals surface area (Å²) < 4.78 is 19.2. The van der Waals surface area contributed by atoms with Crippen molar-refractivity contribution in [2.24, 2.45) is 0 Å². The van der Waals surface area contributed by atoms with E-state index >= 15 is 0 Å². The minimum atomic E-state index is -0.338. The van der Waals surface area contributed by atoms with E-state index in [9.17, 15) is 9.18 Å². The van der Waals surface area contributed by atoms with Crippen molar-refractivity contribution >= 4 is 5.78 Å². The Kier molecular flexibility index (Phi) is 3.05. The van der Waals surface area contributed by atoms with Crippen LogP contribution in [-0.2, 0) is 6.42 Å². The number of rotatable bonds is 2. The zero-order valence-electron chi connectivity index (χ0n) is 11.4. The Morgan fingerprint density at radius 3 is 2.80 bits per heavy atom. The van der Waals surface area contributed by atoms with Gasteiger partial charge < -0.3 is 4.74 Å². The Balaban J connectivity index is 2.12. The number of Topliss-reactive ketones (excluding diaryl/α,β-unsaturated/α-hetero) is 1. The third kappa shape index (κ3) is 2.20. The molecule has 1 atom stereocenters. The first-order valence-electron chi connectivity index (χ1n) is 6.65. The van der Waals surface area contributed by atoms with Gasteiger partial charge in [0.1, 0.15) is 17.7 Å². The molecule has 1 aliphatic rings. The summed E-state index contributed by atoms with van der Waals surface area (Å²) in [5, 5.41) is 0. The van der Waals surface area contributed by atoms with E-state index in [1.54, 1.807) is 6.07 Å². The third-order valence-electron chi connectivity index (χ3n) is 3.57. The first kappa shape index (κ1) is 12.9. The van der Waals surface area contributed by atoms with Crippen LogP contribution in [0.15, 0.2) is 36.4 Å². The average Bonchev–Trinajstić information content (AvgIpc) is 2.77. The molecule has 0 fully saturated rings. The topological polar surface area (TPSA) is 26.3 Å². The minimum absolute atomic E-state index is 0.0647. The zero-order chi connectivity index (χ0) is 14.3. The maximum atomic E-state index is 13.5. The van der Waals surface area contributed by atoms with Crippen molar-refractivity contribution in [3.8, 4) is 16.9 Å². The van der Waals surface area contributed by atoms with Gasteiger partial charge in [0, 0.05) is 12.0 Å². The van der Waals surface area contributed by atoms with Crippen molar-refractivity contribution in [2.75, 3.05) is 0 Å². The highest BCUT2D eigenvalue weighted by Gasteiger charge is 2.20. The van der Waals surface area contributed by atoms with Crippen molar-refractivity contribution in [1.29, 1.82) is 0 Å². The predicted molar refractivity (Wildman–Crippen MR) is 75.6 cm³/mol. The maximum absolute atomic E-state index is 13.5. The number of benzene rings is 2. The second-order valence-electron chi connectivity index (χ2n) is 5.20. The van der Waals surface area contributed by atoms with Crippen LogP contribution >= 0.6 is 0 Å². The summed E-state index contributed by atoms with van der Waals surface area (Å²) in [5.41, 5.74) is 3.14. The van der Waals surface area contributed by atoms with Crippen LogP contribution in [0.1, 0.15) is 29.8 Å². The van der Waals surface area contributed by atoms with Crippen molar-refractivity contribution in [3.63, 3.8) is 0 Å². The minimum Gasteiger partial charge on any atom is -0.490 e. The molecule has 2 aromatic carbocycles. The Morgan fingerprint density at radius 2 is 2.05 bits per heavy atom. The first-order valence-corrected chi connectivity index (χ1v) is 6.65. The largest absolute Gasteiger partial charge is 0.490 e. The van der Waals surface area contributed by atoms with Crippen LogP contribution in [0.2, 0.25) is 0 Å². The summed E-state index contributed by atoms with van der Waals surface area (Å²) in [4.78, 5) is 11.7. The molecule has 3 heteroatoms. The number of halogens is 1. The molecule has 0 aliphatic carbocycles. The summed E-state index contributed by atoms with van der Waals surface area (Å²) in [6, 6.07) is 10.0. The van der Waals surface area contributed by atoms with Crippen LogP contribution in [-0.4, -0.2) is 11.9 Å². The number of ether oxygens (including phenoxy) is 1. The van der Waals surface area contributed by atoms with Crippen molar-refractivity contribution < 1.29 is 13.9 Å². The van der Waals surface area contributed by atoms with E-state index in [2.05, 4.69) is 0 Å². The van der Waals surface area contributed by atoms with E-state index in [1.807, 2.05) is 25.1 Å². The normalized spacial score (nSPS) is 16.6. The molecule has 1 heterocycles. The van der Waals surface area contributed by atoms with E-state index < -0.39 is 0 Å². The van der Waals surface area contributed by atoms with Gasteiger partial charge in [-0.05, 0) is 60.9 Å². The van der Waals surface area contributed by atoms with Gasteiger partial charge in [-0.3, -0.25) is 4.79 Å². The summed E-state index contributed by atoms with van der Waals surface area (Å²) in [7, 11) is 0. The van der Waals surface area contributed by atoms with E-state index in [4.69, 9.17) is 4.74 Å². The lowest BCUT2D eigenvalue weighted by Gasteiger charge is -2.09. The quantitative estimate of drug-likeness (QED) is 0.770. The predicted octanol–water partition coefficient (Wildman–Crippen LogP) is 4.02. The summed E-state index contributed by atoms with van der Waals surface area (Å²) in [6.45, 7) is 3.51. The first-order chi connectivity index (χ1) is 9.54. The molecule has 2 aromatic rings. The van der Waals surface area contributed by atoms with Crippen LogP contribution in [0.3, 0.4) is 0 Å². The van der Waals surface area contributed by atoms with Crippen molar-refractivity contribution in [3.05, 3.63) is 53.3 Å². The standard InChI is InChI=1S/C17H15FO2/c1-10-7-13-8-12(3-6-17(13)20-10)16-9-14(18)4-5-15(16)11(2)19/h3-6,8-10H,7H2,1-2H3. The van der Waals surface area contributed by atoms with Crippen LogP contribution in [0.25, 0.3) is 11.1 Å². The van der Waals surface area contributed by atoms with Crippen LogP contribution in [0.4, 0.5) is 4.39 Å². The van der Waals surface area contributed by atoms with Crippen molar-refractivity contribution in [2.45, 2.75) is 26.4 Å². The fraction of sp³-hybridized carbons (Fsp3) is 0.235. The van der Waals surface area contributed by atoms with Gasteiger partial charge in [0.25, 0.3) is 0 Å². The molecule has 0 bridgehead atoms. The lowest BCUT2D eigenvalue weighted by Crippen LogP contribution is -2.05. The highest BCUT2D eigenvalue weighted by Crippen LogP contribution is 2.34. The van der Waals surface area contributed by atoms with Gasteiger partial charge in [0.2, 0.25) is 0 Å². The molecular weight excluding hydrogens is 255 g/mol. The molecule has 1 unspecified atom stereocenters. The highest BCUT2D eigenvalue weighted by atomic mass is 19.1. The molecule has 3 rings (SSSR count). The lowest BCUT2D eigenvalue weighted by atomic mass is 9.95. The number of hydrogen-bond donors (Lipinski definition) is 0. The fourth-order valence-electron chi connectivity index (χ4n) is 2.65. The van der Waals surface area contributed by atoms with E-state index in [-0.39, 0.29) is 17.7 Å². The number of hydrogen-bond acceptors (Lipinski definition) is 2. The second kappa shape index (κ2) is 4.75. The van der Waals surface area contributed by atoms with Crippen LogP contribution in [0.5, 0.6) is 5.75 Å². The van der Waals surface area contributed by atoms with Crippen molar-refractivity contribution in [1.82, 2.24) is 0 Å². The molecule has 0 aromatic heterocycles. The molecule has 0 saturated carbocycles. The van der Waals surface area contributed by atoms with E-state index in [0.29, 0.717) is 11.1 Å². The van der Waals surface area contributed by atoms with Gasteiger partial charge in [-0.2, -0.15) is 0 Å². The summed E-state index contributed by atoms with van der Waals surface area (Å²) in [5.74, 6) is 0.474. The second-order valence-corrected chi connectivity index (χ2v) is 5.20. The smallest absolute Gasteiger partial charge is 0.160 e. The van der Waals surface area contributed by atoms with Crippen LogP contribution < -0.4 is 4.74 Å². The summed E-state index contributed by atoms with van der Waals surface area (Å²) in [6.07, 6.45) is 1.01. The molecule has 0 spiro atoms. The SMILES string of the molecule is CC(=O)c1ccc(F)cc1-c1ccc2c(c1)CC(C)O2. The van der Waals surface area contributed by atoms with E-state index in [1.165, 1.54) is 19.1 Å². The zero-order valence-corrected chi connectivity index (χ0v) is 11.4.